The molecule has 0 heterocycles. The Labute approximate surface area is 108 Å². The third-order valence-corrected chi connectivity index (χ3v) is 3.62. The normalized spacial score (nSPS) is 11.3. The second-order valence-corrected chi connectivity index (χ2v) is 5.44. The average molecular weight is 279 g/mol. The van der Waals surface area contributed by atoms with Crippen LogP contribution >= 0.6 is 7.60 Å². The lowest BCUT2D eigenvalue weighted by Crippen LogP contribution is -2.07. The molecule has 6 nitrogen and oxygen atoms in total. The Morgan fingerprint density at radius 3 is 2.11 bits per heavy atom. The van der Waals surface area contributed by atoms with E-state index in [-0.39, 0.29) is 11.0 Å². The van der Waals surface area contributed by atoms with Crippen molar-refractivity contribution in [1.29, 1.82) is 0 Å². The molecule has 19 heavy (non-hydrogen) atoms. The largest absolute Gasteiger partial charge is 0.356 e. The molecule has 0 radical (unpaired) electrons. The minimum atomic E-state index is -4.39. The van der Waals surface area contributed by atoms with E-state index in [1.807, 2.05) is 0 Å². The first kappa shape index (κ1) is 13.4. The first-order valence-corrected chi connectivity index (χ1v) is 6.91. The van der Waals surface area contributed by atoms with Crippen LogP contribution in [0.25, 0.3) is 11.1 Å². The van der Waals surface area contributed by atoms with Crippen molar-refractivity contribution in [3.63, 3.8) is 0 Å². The summed E-state index contributed by atoms with van der Waals surface area (Å²) in [4.78, 5) is 28.6. The monoisotopic (exact) mass is 279 g/mol. The van der Waals surface area contributed by atoms with Crippen LogP contribution < -0.4 is 5.30 Å². The molecular formula is C12H10NO5P. The average Bonchev–Trinajstić information content (AvgIpc) is 2.38. The Morgan fingerprint density at radius 1 is 1.00 bits per heavy atom. The summed E-state index contributed by atoms with van der Waals surface area (Å²) in [6.07, 6.45) is 0. The van der Waals surface area contributed by atoms with E-state index in [0.29, 0.717) is 11.1 Å². The van der Waals surface area contributed by atoms with Crippen molar-refractivity contribution in [3.8, 4) is 11.1 Å². The van der Waals surface area contributed by atoms with Gasteiger partial charge in [0.05, 0.1) is 10.2 Å². The molecule has 0 unspecified atom stereocenters. The van der Waals surface area contributed by atoms with Crippen LogP contribution in [0.1, 0.15) is 0 Å². The first-order valence-electron chi connectivity index (χ1n) is 5.29. The maximum absolute atomic E-state index is 11.4. The highest BCUT2D eigenvalue weighted by Gasteiger charge is 2.21. The van der Waals surface area contributed by atoms with E-state index >= 15 is 0 Å². The number of hydrogen-bond acceptors (Lipinski definition) is 3. The van der Waals surface area contributed by atoms with Crippen LogP contribution in [0.5, 0.6) is 0 Å². The van der Waals surface area contributed by atoms with Crippen molar-refractivity contribution in [2.45, 2.75) is 0 Å². The van der Waals surface area contributed by atoms with Crippen LogP contribution in [-0.4, -0.2) is 14.7 Å². The lowest BCUT2D eigenvalue weighted by atomic mass is 10.1. The third-order valence-electron chi connectivity index (χ3n) is 2.61. The van der Waals surface area contributed by atoms with Crippen LogP contribution in [0.2, 0.25) is 0 Å². The quantitative estimate of drug-likeness (QED) is 0.509. The van der Waals surface area contributed by atoms with Gasteiger partial charge in [-0.3, -0.25) is 14.7 Å². The fourth-order valence-electron chi connectivity index (χ4n) is 1.73. The lowest BCUT2D eigenvalue weighted by molar-refractivity contribution is -0.384. The molecule has 0 aliphatic heterocycles. The van der Waals surface area contributed by atoms with E-state index in [9.17, 15) is 24.5 Å². The van der Waals surface area contributed by atoms with Gasteiger partial charge in [-0.1, -0.05) is 18.2 Å². The molecule has 0 aliphatic rings. The van der Waals surface area contributed by atoms with Gasteiger partial charge in [0.1, 0.15) is 0 Å². The molecule has 0 atom stereocenters. The molecule has 2 N–H and O–H groups in total. The standard InChI is InChI=1S/C12H10NO5P/c14-13(15)10-7-5-9(6-8-10)11-3-1-2-4-12(11)19(16,17)18/h1-8H,(H2,16,17,18). The van der Waals surface area contributed by atoms with Gasteiger partial charge in [0, 0.05) is 12.1 Å². The molecule has 0 bridgehead atoms. The molecular weight excluding hydrogens is 269 g/mol. The van der Waals surface area contributed by atoms with Gasteiger partial charge in [-0.2, -0.15) is 0 Å². The predicted molar refractivity (Wildman–Crippen MR) is 70.2 cm³/mol. The van der Waals surface area contributed by atoms with Crippen molar-refractivity contribution in [1.82, 2.24) is 0 Å². The molecule has 0 saturated carbocycles. The van der Waals surface area contributed by atoms with Gasteiger partial charge < -0.3 is 9.79 Å². The van der Waals surface area contributed by atoms with Crippen molar-refractivity contribution in [3.05, 3.63) is 58.6 Å². The Morgan fingerprint density at radius 2 is 1.58 bits per heavy atom. The molecule has 0 aromatic heterocycles. The van der Waals surface area contributed by atoms with Crippen LogP contribution in [0.15, 0.2) is 48.5 Å². The van der Waals surface area contributed by atoms with E-state index in [0.717, 1.165) is 0 Å². The van der Waals surface area contributed by atoms with Crippen molar-refractivity contribution in [2.75, 3.05) is 0 Å². The third kappa shape index (κ3) is 2.88. The van der Waals surface area contributed by atoms with E-state index in [2.05, 4.69) is 0 Å². The summed E-state index contributed by atoms with van der Waals surface area (Å²) < 4.78 is 11.4. The van der Waals surface area contributed by atoms with Crippen molar-refractivity contribution in [2.24, 2.45) is 0 Å². The van der Waals surface area contributed by atoms with E-state index < -0.39 is 12.5 Å². The maximum atomic E-state index is 11.4. The molecule has 7 heteroatoms. The van der Waals surface area contributed by atoms with Crippen molar-refractivity contribution < 1.29 is 19.3 Å². The van der Waals surface area contributed by atoms with Gasteiger partial charge in [-0.25, -0.2) is 0 Å². The zero-order valence-corrected chi connectivity index (χ0v) is 10.5. The number of nitro groups is 1. The molecule has 2 rings (SSSR count). The first-order chi connectivity index (χ1) is 8.89. The number of benzene rings is 2. The summed E-state index contributed by atoms with van der Waals surface area (Å²) in [5.41, 5.74) is 0.813. The molecule has 0 fully saturated rings. The molecule has 0 spiro atoms. The number of hydrogen-bond donors (Lipinski definition) is 2. The van der Waals surface area contributed by atoms with Gasteiger partial charge >= 0.3 is 7.60 Å². The number of nitro benzene ring substituents is 1. The molecule has 0 saturated heterocycles. The highest BCUT2D eigenvalue weighted by molar-refractivity contribution is 7.60. The van der Waals surface area contributed by atoms with E-state index in [4.69, 9.17) is 0 Å². The second-order valence-electron chi connectivity index (χ2n) is 3.87. The highest BCUT2D eigenvalue weighted by Crippen LogP contribution is 2.37. The highest BCUT2D eigenvalue weighted by atomic mass is 31.2. The maximum Gasteiger partial charge on any atom is 0.356 e. The minimum absolute atomic E-state index is 0.0718. The summed E-state index contributed by atoms with van der Waals surface area (Å²) in [5, 5.41) is 10.5. The van der Waals surface area contributed by atoms with Crippen LogP contribution in [0.3, 0.4) is 0 Å². The van der Waals surface area contributed by atoms with Crippen LogP contribution in [0, 0.1) is 10.1 Å². The molecule has 0 amide bonds. The molecule has 2 aromatic rings. The van der Waals surface area contributed by atoms with Crippen LogP contribution in [-0.2, 0) is 4.57 Å². The molecule has 2 aromatic carbocycles. The summed E-state index contributed by atoms with van der Waals surface area (Å²) in [6, 6.07) is 11.6. The summed E-state index contributed by atoms with van der Waals surface area (Å²) in [6.45, 7) is 0. The zero-order chi connectivity index (χ0) is 14.0. The van der Waals surface area contributed by atoms with E-state index in [1.54, 1.807) is 12.1 Å². The molecule has 0 aliphatic carbocycles. The van der Waals surface area contributed by atoms with Gasteiger partial charge in [0.2, 0.25) is 0 Å². The fraction of sp³-hybridized carbons (Fsp3) is 0. The van der Waals surface area contributed by atoms with Crippen LogP contribution in [0.4, 0.5) is 5.69 Å². The smallest absolute Gasteiger partial charge is 0.321 e. The number of nitrogens with zero attached hydrogens (tertiary/aromatic N) is 1. The summed E-state index contributed by atoms with van der Waals surface area (Å²) in [7, 11) is -4.39. The Hall–Kier alpha value is -2.01. The Kier molecular flexibility index (Phi) is 3.48. The zero-order valence-electron chi connectivity index (χ0n) is 9.63. The Balaban J connectivity index is 2.54. The topological polar surface area (TPSA) is 101 Å². The van der Waals surface area contributed by atoms with Crippen molar-refractivity contribution >= 4 is 18.6 Å². The number of rotatable bonds is 3. The summed E-state index contributed by atoms with van der Waals surface area (Å²) in [5.74, 6) is 0. The van der Waals surface area contributed by atoms with Gasteiger partial charge in [-0.15, -0.1) is 0 Å². The summed E-state index contributed by atoms with van der Waals surface area (Å²) >= 11 is 0. The fourth-order valence-corrected chi connectivity index (χ4v) is 2.53. The Bertz CT molecular complexity index is 662. The number of non-ortho nitro benzene ring substituents is 1. The second kappa shape index (κ2) is 4.93. The molecule has 98 valence electrons. The van der Waals surface area contributed by atoms with Gasteiger partial charge in [0.15, 0.2) is 0 Å². The minimum Gasteiger partial charge on any atom is -0.321 e. The lowest BCUT2D eigenvalue weighted by Gasteiger charge is -2.10. The van der Waals surface area contributed by atoms with E-state index in [1.165, 1.54) is 36.4 Å². The van der Waals surface area contributed by atoms with Gasteiger partial charge in [0.25, 0.3) is 5.69 Å². The predicted octanol–water partition coefficient (Wildman–Crippen LogP) is 2.06. The SMILES string of the molecule is O=[N+]([O-])c1ccc(-c2ccccc2P(=O)(O)O)cc1. The van der Waals surface area contributed by atoms with Gasteiger partial charge in [-0.05, 0) is 29.3 Å².